The van der Waals surface area contributed by atoms with E-state index in [2.05, 4.69) is 26.1 Å². The summed E-state index contributed by atoms with van der Waals surface area (Å²) in [5, 5.41) is 11.8. The Kier molecular flexibility index (Phi) is 7.83. The van der Waals surface area contributed by atoms with Gasteiger partial charge in [-0.1, -0.05) is 39.3 Å². The number of carbonyl (C=O) groups excluding carboxylic acids is 1. The van der Waals surface area contributed by atoms with Crippen molar-refractivity contribution in [3.05, 3.63) is 29.8 Å². The average Bonchev–Trinajstić information content (AvgIpc) is 2.49. The zero-order valence-corrected chi connectivity index (χ0v) is 13.3. The molecular formula is C17H27NO3. The van der Waals surface area contributed by atoms with Gasteiger partial charge in [-0.25, -0.2) is 0 Å². The van der Waals surface area contributed by atoms with Gasteiger partial charge in [0.15, 0.2) is 6.61 Å². The van der Waals surface area contributed by atoms with Crippen LogP contribution in [0.5, 0.6) is 5.75 Å². The Morgan fingerprint density at radius 3 is 2.48 bits per heavy atom. The summed E-state index contributed by atoms with van der Waals surface area (Å²) in [4.78, 5) is 11.7. The highest BCUT2D eigenvalue weighted by molar-refractivity contribution is 5.77. The Labute approximate surface area is 127 Å². The number of amides is 1. The Morgan fingerprint density at radius 1 is 1.29 bits per heavy atom. The molecule has 0 aromatic heterocycles. The second kappa shape index (κ2) is 9.40. The summed E-state index contributed by atoms with van der Waals surface area (Å²) in [7, 11) is 0. The van der Waals surface area contributed by atoms with Crippen LogP contribution < -0.4 is 10.1 Å². The molecule has 1 unspecified atom stereocenters. The molecule has 0 aliphatic heterocycles. The molecule has 4 nitrogen and oxygen atoms in total. The van der Waals surface area contributed by atoms with Gasteiger partial charge in [0, 0.05) is 13.2 Å². The number of aliphatic hydroxyl groups excluding tert-OH is 1. The van der Waals surface area contributed by atoms with Crippen LogP contribution in [0.1, 0.15) is 45.1 Å². The first-order valence-electron chi connectivity index (χ1n) is 7.67. The van der Waals surface area contributed by atoms with Gasteiger partial charge in [-0.15, -0.1) is 0 Å². The SMILES string of the molecule is CCC(CCO)CNC(=O)COc1ccc(C(C)C)cc1. The van der Waals surface area contributed by atoms with Crippen molar-refractivity contribution in [2.24, 2.45) is 5.92 Å². The van der Waals surface area contributed by atoms with Gasteiger partial charge in [0.1, 0.15) is 5.75 Å². The van der Waals surface area contributed by atoms with E-state index in [4.69, 9.17) is 9.84 Å². The average molecular weight is 293 g/mol. The van der Waals surface area contributed by atoms with E-state index >= 15 is 0 Å². The monoisotopic (exact) mass is 293 g/mol. The fourth-order valence-electron chi connectivity index (χ4n) is 2.04. The van der Waals surface area contributed by atoms with Crippen molar-refractivity contribution in [2.75, 3.05) is 19.8 Å². The maximum absolute atomic E-state index is 11.7. The van der Waals surface area contributed by atoms with Crippen molar-refractivity contribution in [1.29, 1.82) is 0 Å². The van der Waals surface area contributed by atoms with E-state index in [9.17, 15) is 4.79 Å². The number of benzene rings is 1. The molecule has 1 atom stereocenters. The molecule has 118 valence electrons. The Hall–Kier alpha value is -1.55. The van der Waals surface area contributed by atoms with Gasteiger partial charge in [-0.3, -0.25) is 4.79 Å². The molecule has 0 aliphatic carbocycles. The van der Waals surface area contributed by atoms with Crippen LogP contribution in [0.3, 0.4) is 0 Å². The number of hydrogen-bond donors (Lipinski definition) is 2. The van der Waals surface area contributed by atoms with E-state index in [0.717, 1.165) is 6.42 Å². The first-order valence-corrected chi connectivity index (χ1v) is 7.67. The van der Waals surface area contributed by atoms with Gasteiger partial charge in [-0.2, -0.15) is 0 Å². The van der Waals surface area contributed by atoms with Crippen molar-refractivity contribution in [1.82, 2.24) is 5.32 Å². The van der Waals surface area contributed by atoms with Crippen LogP contribution in [0.15, 0.2) is 24.3 Å². The van der Waals surface area contributed by atoms with E-state index in [1.54, 1.807) is 0 Å². The molecule has 0 saturated heterocycles. The fraction of sp³-hybridized carbons (Fsp3) is 0.588. The summed E-state index contributed by atoms with van der Waals surface area (Å²) in [6, 6.07) is 7.82. The van der Waals surface area contributed by atoms with Crippen molar-refractivity contribution < 1.29 is 14.6 Å². The lowest BCUT2D eigenvalue weighted by molar-refractivity contribution is -0.123. The Balaban J connectivity index is 2.32. The molecule has 0 bridgehead atoms. The quantitative estimate of drug-likeness (QED) is 0.736. The summed E-state index contributed by atoms with van der Waals surface area (Å²) >= 11 is 0. The molecule has 1 aromatic rings. The van der Waals surface area contributed by atoms with E-state index in [-0.39, 0.29) is 19.1 Å². The number of hydrogen-bond acceptors (Lipinski definition) is 3. The highest BCUT2D eigenvalue weighted by Gasteiger charge is 2.08. The lowest BCUT2D eigenvalue weighted by Crippen LogP contribution is -2.33. The maximum Gasteiger partial charge on any atom is 0.257 e. The predicted octanol–water partition coefficient (Wildman–Crippen LogP) is 2.71. The van der Waals surface area contributed by atoms with Crippen LogP contribution in [0.25, 0.3) is 0 Å². The van der Waals surface area contributed by atoms with Crippen molar-refractivity contribution in [2.45, 2.75) is 39.5 Å². The van der Waals surface area contributed by atoms with Crippen LogP contribution in [0.4, 0.5) is 0 Å². The normalized spacial score (nSPS) is 12.2. The molecule has 21 heavy (non-hydrogen) atoms. The first-order chi connectivity index (χ1) is 10.1. The van der Waals surface area contributed by atoms with Crippen LogP contribution in [-0.4, -0.2) is 30.8 Å². The van der Waals surface area contributed by atoms with E-state index < -0.39 is 0 Å². The summed E-state index contributed by atoms with van der Waals surface area (Å²) in [6.45, 7) is 7.11. The molecule has 2 N–H and O–H groups in total. The number of nitrogens with one attached hydrogen (secondary N) is 1. The standard InChI is InChI=1S/C17H27NO3/c1-4-14(9-10-19)11-18-17(20)12-21-16-7-5-15(6-8-16)13(2)3/h5-8,13-14,19H,4,9-12H2,1-3H3,(H,18,20). The van der Waals surface area contributed by atoms with Crippen LogP contribution in [0.2, 0.25) is 0 Å². The van der Waals surface area contributed by atoms with Gasteiger partial charge >= 0.3 is 0 Å². The van der Waals surface area contributed by atoms with Gasteiger partial charge in [-0.05, 0) is 36.0 Å². The third-order valence-corrected chi connectivity index (χ3v) is 3.62. The number of rotatable bonds is 9. The minimum Gasteiger partial charge on any atom is -0.484 e. The molecule has 1 rings (SSSR count). The van der Waals surface area contributed by atoms with Crippen LogP contribution >= 0.6 is 0 Å². The zero-order valence-electron chi connectivity index (χ0n) is 13.3. The molecule has 0 saturated carbocycles. The lowest BCUT2D eigenvalue weighted by Gasteiger charge is -2.14. The van der Waals surface area contributed by atoms with Gasteiger partial charge in [0.05, 0.1) is 0 Å². The molecule has 4 heteroatoms. The van der Waals surface area contributed by atoms with Crippen LogP contribution in [-0.2, 0) is 4.79 Å². The Morgan fingerprint density at radius 2 is 1.95 bits per heavy atom. The number of ether oxygens (including phenoxy) is 1. The molecule has 0 radical (unpaired) electrons. The molecule has 0 spiro atoms. The molecule has 0 fully saturated rings. The van der Waals surface area contributed by atoms with E-state index in [1.807, 2.05) is 24.3 Å². The smallest absolute Gasteiger partial charge is 0.257 e. The largest absolute Gasteiger partial charge is 0.484 e. The highest BCUT2D eigenvalue weighted by Crippen LogP contribution is 2.18. The first kappa shape index (κ1) is 17.5. The maximum atomic E-state index is 11.7. The third-order valence-electron chi connectivity index (χ3n) is 3.62. The summed E-state index contributed by atoms with van der Waals surface area (Å²) in [6.07, 6.45) is 1.66. The van der Waals surface area contributed by atoms with Crippen molar-refractivity contribution >= 4 is 5.91 Å². The summed E-state index contributed by atoms with van der Waals surface area (Å²) in [5.41, 5.74) is 1.25. The molecule has 1 amide bonds. The third kappa shape index (κ3) is 6.63. The van der Waals surface area contributed by atoms with E-state index in [1.165, 1.54) is 5.56 Å². The molecular weight excluding hydrogens is 266 g/mol. The van der Waals surface area contributed by atoms with Gasteiger partial charge in [0.25, 0.3) is 5.91 Å². The second-order valence-corrected chi connectivity index (χ2v) is 5.60. The molecule has 0 heterocycles. The van der Waals surface area contributed by atoms with Crippen LogP contribution in [0, 0.1) is 5.92 Å². The van der Waals surface area contributed by atoms with Crippen molar-refractivity contribution in [3.8, 4) is 5.75 Å². The minimum atomic E-state index is -0.126. The topological polar surface area (TPSA) is 58.6 Å². The summed E-state index contributed by atoms with van der Waals surface area (Å²) in [5.74, 6) is 1.39. The molecule has 1 aromatic carbocycles. The van der Waals surface area contributed by atoms with Gasteiger partial charge in [0.2, 0.25) is 0 Å². The second-order valence-electron chi connectivity index (χ2n) is 5.60. The number of carbonyl (C=O) groups is 1. The van der Waals surface area contributed by atoms with Crippen molar-refractivity contribution in [3.63, 3.8) is 0 Å². The number of aliphatic hydroxyl groups is 1. The zero-order chi connectivity index (χ0) is 15.7. The highest BCUT2D eigenvalue weighted by atomic mass is 16.5. The van der Waals surface area contributed by atoms with E-state index in [0.29, 0.717) is 30.6 Å². The Bertz CT molecular complexity index is 415. The minimum absolute atomic E-state index is 0.0244. The van der Waals surface area contributed by atoms with Gasteiger partial charge < -0.3 is 15.2 Å². The lowest BCUT2D eigenvalue weighted by atomic mass is 10.0. The fourth-order valence-corrected chi connectivity index (χ4v) is 2.04. The summed E-state index contributed by atoms with van der Waals surface area (Å²) < 4.78 is 5.47. The predicted molar refractivity (Wildman–Crippen MR) is 84.5 cm³/mol. The molecule has 0 aliphatic rings.